The van der Waals surface area contributed by atoms with Gasteiger partial charge in [-0.3, -0.25) is 9.35 Å². The second kappa shape index (κ2) is 3.89. The summed E-state index contributed by atoms with van der Waals surface area (Å²) >= 11 is 0. The van der Waals surface area contributed by atoms with E-state index in [1.165, 1.54) is 0 Å². The fourth-order valence-electron chi connectivity index (χ4n) is 1.08. The summed E-state index contributed by atoms with van der Waals surface area (Å²) in [4.78, 5) is 10.8. The maximum atomic E-state index is 10.8. The number of hydrogen-bond acceptors (Lipinski definition) is 3. The first-order valence-electron chi connectivity index (χ1n) is 3.32. The van der Waals surface area contributed by atoms with Crippen LogP contribution in [0.15, 0.2) is 12.2 Å². The van der Waals surface area contributed by atoms with Crippen molar-refractivity contribution in [1.82, 2.24) is 5.32 Å². The highest BCUT2D eigenvalue weighted by Crippen LogP contribution is 2.12. The van der Waals surface area contributed by atoms with Crippen molar-refractivity contribution in [2.24, 2.45) is 0 Å². The van der Waals surface area contributed by atoms with Crippen LogP contribution in [0.5, 0.6) is 0 Å². The third-order valence-corrected chi connectivity index (χ3v) is 2.38. The van der Waals surface area contributed by atoms with Crippen molar-refractivity contribution in [2.45, 2.75) is 19.9 Å². The average molecular weight is 207 g/mol. The van der Waals surface area contributed by atoms with E-state index in [1.54, 1.807) is 0 Å². The van der Waals surface area contributed by atoms with Crippen molar-refractivity contribution in [1.29, 1.82) is 0 Å². The van der Waals surface area contributed by atoms with Gasteiger partial charge in [-0.25, -0.2) is 0 Å². The maximum absolute atomic E-state index is 10.8. The van der Waals surface area contributed by atoms with Crippen LogP contribution in [0.3, 0.4) is 0 Å². The lowest BCUT2D eigenvalue weighted by Crippen LogP contribution is -2.31. The van der Waals surface area contributed by atoms with E-state index in [-0.39, 0.29) is 19.8 Å². The topological polar surface area (TPSA) is 83.5 Å². The van der Waals surface area contributed by atoms with Gasteiger partial charge in [-0.05, 0) is 6.42 Å². The number of hydrogen-bond donors (Lipinski definition) is 2. The smallest absolute Gasteiger partial charge is 0.266 e. The summed E-state index contributed by atoms with van der Waals surface area (Å²) in [7, 11) is -4.01. The van der Waals surface area contributed by atoms with Crippen LogP contribution in [0.4, 0.5) is 0 Å². The van der Waals surface area contributed by atoms with Crippen LogP contribution >= 0.6 is 0 Å². The normalized spacial score (nSPS) is 22.4. The van der Waals surface area contributed by atoms with Gasteiger partial charge in [0.25, 0.3) is 10.1 Å². The van der Waals surface area contributed by atoms with Crippen LogP contribution in [-0.2, 0) is 14.9 Å². The van der Waals surface area contributed by atoms with Crippen LogP contribution in [0.1, 0.15) is 13.8 Å². The highest BCUT2D eigenvalue weighted by molar-refractivity contribution is 7.85. The second-order valence-electron chi connectivity index (χ2n) is 2.73. The number of nitrogens with one attached hydrogen (secondary N) is 1. The third-order valence-electron chi connectivity index (χ3n) is 1.56. The van der Waals surface area contributed by atoms with Crippen molar-refractivity contribution in [3.8, 4) is 0 Å². The summed E-state index contributed by atoms with van der Waals surface area (Å²) in [6.07, 6.45) is 0.276. The summed E-state index contributed by atoms with van der Waals surface area (Å²) in [6.45, 7) is 3.43. The van der Waals surface area contributed by atoms with Crippen LogP contribution in [0, 0.1) is 0 Å². The van der Waals surface area contributed by atoms with Gasteiger partial charge in [-0.15, -0.1) is 0 Å². The van der Waals surface area contributed by atoms with Gasteiger partial charge in [0.15, 0.2) is 0 Å². The zero-order valence-electron chi connectivity index (χ0n) is 6.28. The molecule has 1 atom stereocenters. The quantitative estimate of drug-likeness (QED) is 0.491. The Bertz CT molecular complexity index is 303. The van der Waals surface area contributed by atoms with Gasteiger partial charge < -0.3 is 5.32 Å². The van der Waals surface area contributed by atoms with Gasteiger partial charge in [0.1, 0.15) is 0 Å². The monoisotopic (exact) mass is 207 g/mol. The molecule has 0 radical (unpaired) electrons. The van der Waals surface area contributed by atoms with Gasteiger partial charge in [0, 0.05) is 11.6 Å². The van der Waals surface area contributed by atoms with Gasteiger partial charge in [-0.1, -0.05) is 14.0 Å². The fraction of sp³-hybridized carbons (Fsp3) is 0.571. The summed E-state index contributed by atoms with van der Waals surface area (Å²) in [5.74, 6) is -0.791. The highest BCUT2D eigenvalue weighted by Gasteiger charge is 2.27. The van der Waals surface area contributed by atoms with Crippen molar-refractivity contribution in [3.63, 3.8) is 0 Å². The van der Waals surface area contributed by atoms with E-state index in [4.69, 9.17) is 4.55 Å². The first kappa shape index (κ1) is 12.1. The minimum atomic E-state index is -4.01. The summed E-state index contributed by atoms with van der Waals surface area (Å²) in [5, 5.41) is 2.38. The third kappa shape index (κ3) is 3.56. The Morgan fingerprint density at radius 3 is 2.46 bits per heavy atom. The summed E-state index contributed by atoms with van der Waals surface area (Å²) < 4.78 is 29.2. The molecule has 1 aliphatic heterocycles. The molecule has 5 nitrogen and oxygen atoms in total. The molecule has 76 valence electrons. The molecule has 13 heavy (non-hydrogen) atoms. The fourth-order valence-corrected chi connectivity index (χ4v) is 1.79. The molecular weight excluding hydrogens is 194 g/mol. The number of carbonyl (C=O) groups excluding carboxylic acids is 1. The minimum absolute atomic E-state index is 0. The van der Waals surface area contributed by atoms with Crippen molar-refractivity contribution in [3.05, 3.63) is 12.2 Å². The molecule has 1 fully saturated rings. The van der Waals surface area contributed by atoms with Crippen molar-refractivity contribution in [2.75, 3.05) is 5.75 Å². The van der Waals surface area contributed by atoms with Gasteiger partial charge in [-0.2, -0.15) is 8.42 Å². The Hall–Kier alpha value is -0.880. The maximum Gasteiger partial charge on any atom is 0.266 e. The molecule has 1 heterocycles. The van der Waals surface area contributed by atoms with Crippen LogP contribution < -0.4 is 5.32 Å². The van der Waals surface area contributed by atoms with Gasteiger partial charge in [0.2, 0.25) is 5.91 Å². The van der Waals surface area contributed by atoms with Crippen LogP contribution in [-0.4, -0.2) is 30.7 Å². The zero-order valence-corrected chi connectivity index (χ0v) is 7.10. The lowest BCUT2D eigenvalue weighted by Gasteiger charge is -2.04. The summed E-state index contributed by atoms with van der Waals surface area (Å²) in [5.41, 5.74) is 0.351. The molecule has 0 aromatic rings. The largest absolute Gasteiger partial charge is 0.348 e. The Labute approximate surface area is 77.6 Å². The van der Waals surface area contributed by atoms with E-state index in [0.29, 0.717) is 5.57 Å². The molecule has 0 aromatic heterocycles. The molecule has 1 unspecified atom stereocenters. The second-order valence-corrected chi connectivity index (χ2v) is 4.22. The SMILES string of the molecule is C.C=C1CC(CS(=O)(=O)O)NC1=O. The predicted octanol–water partition coefficient (Wildman–Crippen LogP) is -0.0450. The molecule has 0 saturated carbocycles. The lowest BCUT2D eigenvalue weighted by molar-refractivity contribution is -0.116. The van der Waals surface area contributed by atoms with E-state index in [0.717, 1.165) is 0 Å². The van der Waals surface area contributed by atoms with E-state index >= 15 is 0 Å². The molecular formula is C7H13NO4S. The van der Waals surface area contributed by atoms with E-state index in [1.807, 2.05) is 0 Å². The standard InChI is InChI=1S/C6H9NO4S.CH4/c1-4-2-5(7-6(4)8)3-12(9,10)11;/h5H,1-3H2,(H,7,8)(H,9,10,11);1H4. The average Bonchev–Trinajstić information content (AvgIpc) is 2.07. The Balaban J connectivity index is 0.00000144. The number of amides is 1. The molecule has 1 saturated heterocycles. The van der Waals surface area contributed by atoms with Gasteiger partial charge in [0.05, 0.1) is 5.75 Å². The Morgan fingerprint density at radius 2 is 2.15 bits per heavy atom. The molecule has 1 rings (SSSR count). The first-order chi connectivity index (χ1) is 5.38. The molecule has 2 N–H and O–H groups in total. The van der Waals surface area contributed by atoms with Crippen molar-refractivity contribution >= 4 is 16.0 Å². The van der Waals surface area contributed by atoms with Crippen molar-refractivity contribution < 1.29 is 17.8 Å². The van der Waals surface area contributed by atoms with Crippen LogP contribution in [0.2, 0.25) is 0 Å². The number of carbonyl (C=O) groups is 1. The lowest BCUT2D eigenvalue weighted by atomic mass is 10.2. The highest BCUT2D eigenvalue weighted by atomic mass is 32.2. The molecule has 1 amide bonds. The zero-order chi connectivity index (χ0) is 9.35. The molecule has 0 spiro atoms. The molecule has 0 aromatic carbocycles. The minimum Gasteiger partial charge on any atom is -0.348 e. The predicted molar refractivity (Wildman–Crippen MR) is 48.8 cm³/mol. The molecule has 0 bridgehead atoms. The molecule has 1 aliphatic rings. The number of rotatable bonds is 2. The van der Waals surface area contributed by atoms with E-state index in [9.17, 15) is 13.2 Å². The molecule has 0 aliphatic carbocycles. The van der Waals surface area contributed by atoms with E-state index < -0.39 is 21.9 Å². The molecule has 6 heteroatoms. The van der Waals surface area contributed by atoms with Crippen LogP contribution in [0.25, 0.3) is 0 Å². The van der Waals surface area contributed by atoms with Gasteiger partial charge >= 0.3 is 0 Å². The Morgan fingerprint density at radius 1 is 1.62 bits per heavy atom. The summed E-state index contributed by atoms with van der Waals surface area (Å²) in [6, 6.07) is -0.528. The van der Waals surface area contributed by atoms with E-state index in [2.05, 4.69) is 11.9 Å². The Kier molecular flexibility index (Phi) is 3.62. The first-order valence-corrected chi connectivity index (χ1v) is 4.93.